The van der Waals surface area contributed by atoms with E-state index in [0.29, 0.717) is 17.6 Å². The summed E-state index contributed by atoms with van der Waals surface area (Å²) in [4.78, 5) is 4.50. The van der Waals surface area contributed by atoms with Gasteiger partial charge >= 0.3 is 0 Å². The van der Waals surface area contributed by atoms with E-state index in [4.69, 9.17) is 27.9 Å². The number of hydrogen-bond donors (Lipinski definition) is 0. The third kappa shape index (κ3) is 3.03. The number of imidazole rings is 1. The fourth-order valence-electron chi connectivity index (χ4n) is 2.79. The van der Waals surface area contributed by atoms with Gasteiger partial charge in [-0.2, -0.15) is 0 Å². The fraction of sp³-hybridized carbons (Fsp3) is 0.533. The first-order valence-corrected chi connectivity index (χ1v) is 7.98. The SMILES string of the molecule is CC(Cl)c1nc2cc(Cl)c(F)cc2n1CC1CCCCO1. The van der Waals surface area contributed by atoms with E-state index < -0.39 is 5.82 Å². The molecule has 1 aromatic heterocycles. The molecule has 2 heterocycles. The summed E-state index contributed by atoms with van der Waals surface area (Å²) in [5, 5.41) is -0.183. The van der Waals surface area contributed by atoms with Crippen molar-refractivity contribution >= 4 is 34.2 Å². The Morgan fingerprint density at radius 3 is 2.95 bits per heavy atom. The predicted octanol–water partition coefficient (Wildman–Crippen LogP) is 4.70. The van der Waals surface area contributed by atoms with Gasteiger partial charge < -0.3 is 9.30 Å². The molecule has 0 N–H and O–H groups in total. The number of hydrogen-bond acceptors (Lipinski definition) is 2. The van der Waals surface area contributed by atoms with Crippen LogP contribution >= 0.6 is 23.2 Å². The largest absolute Gasteiger partial charge is 0.376 e. The Bertz CT molecular complexity index is 651. The Hall–Kier alpha value is -0.840. The lowest BCUT2D eigenvalue weighted by Gasteiger charge is -2.24. The van der Waals surface area contributed by atoms with Gasteiger partial charge in [-0.05, 0) is 32.3 Å². The van der Waals surface area contributed by atoms with Gasteiger partial charge in [0.15, 0.2) is 0 Å². The van der Waals surface area contributed by atoms with Gasteiger partial charge in [-0.25, -0.2) is 9.37 Å². The zero-order valence-corrected chi connectivity index (χ0v) is 13.3. The molecule has 2 unspecified atom stereocenters. The van der Waals surface area contributed by atoms with E-state index in [9.17, 15) is 4.39 Å². The van der Waals surface area contributed by atoms with Gasteiger partial charge in [-0.3, -0.25) is 0 Å². The highest BCUT2D eigenvalue weighted by atomic mass is 35.5. The molecular formula is C15H17Cl2FN2O. The molecule has 0 saturated carbocycles. The molecule has 1 aliphatic rings. The van der Waals surface area contributed by atoms with E-state index in [1.807, 2.05) is 11.5 Å². The Morgan fingerprint density at radius 1 is 1.48 bits per heavy atom. The molecule has 114 valence electrons. The van der Waals surface area contributed by atoms with Crippen molar-refractivity contribution in [3.8, 4) is 0 Å². The molecule has 1 saturated heterocycles. The molecule has 1 fully saturated rings. The summed E-state index contributed by atoms with van der Waals surface area (Å²) in [6, 6.07) is 2.98. The number of benzene rings is 1. The average Bonchev–Trinajstić information content (AvgIpc) is 2.79. The second-order valence-electron chi connectivity index (χ2n) is 5.44. The van der Waals surface area contributed by atoms with Crippen LogP contribution in [-0.4, -0.2) is 22.3 Å². The summed E-state index contributed by atoms with van der Waals surface area (Å²) < 4.78 is 21.5. The van der Waals surface area contributed by atoms with Gasteiger partial charge in [0, 0.05) is 12.7 Å². The molecule has 3 nitrogen and oxygen atoms in total. The predicted molar refractivity (Wildman–Crippen MR) is 82.6 cm³/mol. The van der Waals surface area contributed by atoms with Gasteiger partial charge in [-0.1, -0.05) is 11.6 Å². The molecule has 0 amide bonds. The fourth-order valence-corrected chi connectivity index (χ4v) is 3.11. The highest BCUT2D eigenvalue weighted by molar-refractivity contribution is 6.31. The quantitative estimate of drug-likeness (QED) is 0.763. The number of fused-ring (bicyclic) bond motifs is 1. The van der Waals surface area contributed by atoms with Crippen LogP contribution in [0.4, 0.5) is 4.39 Å². The van der Waals surface area contributed by atoms with Crippen LogP contribution in [-0.2, 0) is 11.3 Å². The first kappa shape index (κ1) is 15.1. The van der Waals surface area contributed by atoms with Crippen molar-refractivity contribution < 1.29 is 9.13 Å². The standard InChI is InChI=1S/C15H17Cl2FN2O/c1-9(16)15-19-13-6-11(17)12(18)7-14(13)20(15)8-10-4-2-3-5-21-10/h6-7,9-10H,2-5,8H2,1H3. The van der Waals surface area contributed by atoms with Gasteiger partial charge in [-0.15, -0.1) is 11.6 Å². The van der Waals surface area contributed by atoms with E-state index in [1.165, 1.54) is 6.07 Å². The molecule has 0 spiro atoms. The van der Waals surface area contributed by atoms with Crippen LogP contribution in [0.3, 0.4) is 0 Å². The van der Waals surface area contributed by atoms with Crippen molar-refractivity contribution in [3.63, 3.8) is 0 Å². The van der Waals surface area contributed by atoms with E-state index in [0.717, 1.165) is 31.7 Å². The highest BCUT2D eigenvalue weighted by Gasteiger charge is 2.21. The van der Waals surface area contributed by atoms with Crippen LogP contribution in [0.2, 0.25) is 5.02 Å². The second kappa shape index (κ2) is 6.11. The first-order valence-electron chi connectivity index (χ1n) is 7.17. The number of alkyl halides is 1. The molecule has 0 radical (unpaired) electrons. The van der Waals surface area contributed by atoms with E-state index in [1.54, 1.807) is 6.07 Å². The summed E-state index contributed by atoms with van der Waals surface area (Å²) >= 11 is 12.1. The first-order chi connectivity index (χ1) is 10.1. The topological polar surface area (TPSA) is 27.1 Å². The van der Waals surface area contributed by atoms with Crippen LogP contribution in [0.15, 0.2) is 12.1 Å². The number of nitrogens with zero attached hydrogens (tertiary/aromatic N) is 2. The maximum absolute atomic E-state index is 13.8. The molecule has 2 aromatic rings. The highest BCUT2D eigenvalue weighted by Crippen LogP contribution is 2.29. The molecule has 1 aliphatic heterocycles. The Morgan fingerprint density at radius 2 is 2.29 bits per heavy atom. The van der Waals surface area contributed by atoms with E-state index in [-0.39, 0.29) is 16.5 Å². The molecule has 0 aliphatic carbocycles. The normalized spacial score (nSPS) is 20.9. The van der Waals surface area contributed by atoms with Crippen molar-refractivity contribution in [3.05, 3.63) is 28.8 Å². The van der Waals surface area contributed by atoms with Crippen LogP contribution < -0.4 is 0 Å². The molecule has 2 atom stereocenters. The number of halogens is 3. The third-order valence-corrected chi connectivity index (χ3v) is 4.32. The van der Waals surface area contributed by atoms with Crippen molar-refractivity contribution in [1.82, 2.24) is 9.55 Å². The maximum atomic E-state index is 13.8. The zero-order valence-electron chi connectivity index (χ0n) is 11.8. The van der Waals surface area contributed by atoms with Crippen molar-refractivity contribution in [2.45, 2.75) is 44.2 Å². The van der Waals surface area contributed by atoms with E-state index >= 15 is 0 Å². The Labute approximate surface area is 133 Å². The molecule has 1 aromatic carbocycles. The minimum atomic E-state index is -0.441. The Kier molecular flexibility index (Phi) is 4.38. The van der Waals surface area contributed by atoms with Gasteiger partial charge in [0.1, 0.15) is 11.6 Å². The molecule has 0 bridgehead atoms. The summed E-state index contributed by atoms with van der Waals surface area (Å²) in [6.45, 7) is 3.28. The molecular weight excluding hydrogens is 314 g/mol. The molecule has 3 rings (SSSR count). The van der Waals surface area contributed by atoms with Crippen LogP contribution in [0.5, 0.6) is 0 Å². The third-order valence-electron chi connectivity index (χ3n) is 3.84. The minimum absolute atomic E-state index is 0.0786. The number of ether oxygens (including phenoxy) is 1. The Balaban J connectivity index is 2.04. The van der Waals surface area contributed by atoms with Gasteiger partial charge in [0.2, 0.25) is 0 Å². The van der Waals surface area contributed by atoms with Crippen molar-refractivity contribution in [2.75, 3.05) is 6.61 Å². The van der Waals surface area contributed by atoms with Crippen LogP contribution in [0.25, 0.3) is 11.0 Å². The smallest absolute Gasteiger partial charge is 0.144 e. The lowest BCUT2D eigenvalue weighted by Crippen LogP contribution is -2.25. The van der Waals surface area contributed by atoms with Crippen LogP contribution in [0.1, 0.15) is 37.4 Å². The van der Waals surface area contributed by atoms with Crippen molar-refractivity contribution in [1.29, 1.82) is 0 Å². The second-order valence-corrected chi connectivity index (χ2v) is 6.50. The monoisotopic (exact) mass is 330 g/mol. The van der Waals surface area contributed by atoms with E-state index in [2.05, 4.69) is 4.98 Å². The van der Waals surface area contributed by atoms with Gasteiger partial charge in [0.05, 0.1) is 34.1 Å². The molecule has 21 heavy (non-hydrogen) atoms. The van der Waals surface area contributed by atoms with Crippen molar-refractivity contribution in [2.24, 2.45) is 0 Å². The summed E-state index contributed by atoms with van der Waals surface area (Å²) in [6.07, 6.45) is 3.39. The summed E-state index contributed by atoms with van der Waals surface area (Å²) in [5.41, 5.74) is 1.38. The van der Waals surface area contributed by atoms with Crippen LogP contribution in [0, 0.1) is 5.82 Å². The maximum Gasteiger partial charge on any atom is 0.144 e. The number of rotatable bonds is 3. The molecule has 6 heteroatoms. The summed E-state index contributed by atoms with van der Waals surface area (Å²) in [5.74, 6) is 0.283. The lowest BCUT2D eigenvalue weighted by atomic mass is 10.1. The average molecular weight is 331 g/mol. The summed E-state index contributed by atoms with van der Waals surface area (Å²) in [7, 11) is 0. The zero-order chi connectivity index (χ0) is 15.0. The lowest BCUT2D eigenvalue weighted by molar-refractivity contribution is 0.00618. The van der Waals surface area contributed by atoms with Gasteiger partial charge in [0.25, 0.3) is 0 Å². The minimum Gasteiger partial charge on any atom is -0.376 e. The number of aromatic nitrogens is 2.